The molecule has 2 heterocycles. The van der Waals surface area contributed by atoms with Gasteiger partial charge in [-0.3, -0.25) is 9.59 Å². The van der Waals surface area contributed by atoms with Crippen LogP contribution in [0.3, 0.4) is 0 Å². The van der Waals surface area contributed by atoms with E-state index in [9.17, 15) is 9.59 Å². The molecule has 0 aliphatic heterocycles. The Kier molecular flexibility index (Phi) is 6.42. The maximum Gasteiger partial charge on any atom is 0.295 e. The van der Waals surface area contributed by atoms with Crippen LogP contribution in [0.5, 0.6) is 0 Å². The highest BCUT2D eigenvalue weighted by molar-refractivity contribution is 7.13. The fourth-order valence-corrected chi connectivity index (χ4v) is 4.03. The molecular weight excluding hydrogens is 422 g/mol. The summed E-state index contributed by atoms with van der Waals surface area (Å²) in [5, 5.41) is 9.25. The van der Waals surface area contributed by atoms with Gasteiger partial charge < -0.3 is 10.2 Å². The predicted molar refractivity (Wildman–Crippen MR) is 126 cm³/mol. The molecule has 0 radical (unpaired) electrons. The monoisotopic (exact) mass is 445 g/mol. The van der Waals surface area contributed by atoms with Gasteiger partial charge in [0.25, 0.3) is 11.8 Å². The average Bonchev–Trinajstić information content (AvgIpc) is 3.51. The smallest absolute Gasteiger partial charge is 0.295 e. The van der Waals surface area contributed by atoms with Crippen molar-refractivity contribution in [1.29, 1.82) is 0 Å². The number of rotatable bonds is 7. The lowest BCUT2D eigenvalue weighted by Crippen LogP contribution is -2.30. The second-order valence-corrected chi connectivity index (χ2v) is 7.94. The summed E-state index contributed by atoms with van der Waals surface area (Å²) in [6.45, 7) is 5.12. The van der Waals surface area contributed by atoms with Crippen molar-refractivity contribution in [2.75, 3.05) is 18.4 Å². The van der Waals surface area contributed by atoms with Gasteiger partial charge in [-0.15, -0.1) is 16.4 Å². The second kappa shape index (κ2) is 9.57. The summed E-state index contributed by atoms with van der Waals surface area (Å²) >= 11 is 1.53. The third kappa shape index (κ3) is 4.45. The van der Waals surface area contributed by atoms with Crippen molar-refractivity contribution in [3.05, 3.63) is 83.5 Å². The van der Waals surface area contributed by atoms with E-state index in [4.69, 9.17) is 0 Å². The van der Waals surface area contributed by atoms with Crippen molar-refractivity contribution < 1.29 is 9.59 Å². The van der Waals surface area contributed by atoms with Gasteiger partial charge in [0, 0.05) is 24.3 Å². The normalized spacial score (nSPS) is 10.7. The van der Waals surface area contributed by atoms with Gasteiger partial charge in [0.05, 0.1) is 10.6 Å². The number of anilines is 1. The number of carbonyl (C=O) groups excluding carboxylic acids is 2. The highest BCUT2D eigenvalue weighted by atomic mass is 32.1. The fraction of sp³-hybridized carbons (Fsp3) is 0.167. The largest absolute Gasteiger partial charge is 0.339 e. The highest BCUT2D eigenvalue weighted by Crippen LogP contribution is 2.26. The standard InChI is InChI=1S/C24H23N5O2S/c1-3-28(4-2)24(31)17-10-8-11-18(16-17)25-23(30)21-26-22(20-14-9-15-32-20)29(27-21)19-12-6-5-7-13-19/h5-16H,3-4H2,1-2H3,(H,25,30). The molecule has 4 rings (SSSR count). The van der Waals surface area contributed by atoms with E-state index >= 15 is 0 Å². The first-order valence-electron chi connectivity index (χ1n) is 10.4. The summed E-state index contributed by atoms with van der Waals surface area (Å²) in [7, 11) is 0. The van der Waals surface area contributed by atoms with Gasteiger partial charge in [0.1, 0.15) is 0 Å². The number of benzene rings is 2. The van der Waals surface area contributed by atoms with E-state index in [1.54, 1.807) is 33.8 Å². The molecule has 2 aromatic carbocycles. The Morgan fingerprint density at radius 1 is 1.00 bits per heavy atom. The molecule has 0 atom stereocenters. The first-order chi connectivity index (χ1) is 15.6. The van der Waals surface area contributed by atoms with Crippen molar-refractivity contribution in [2.24, 2.45) is 0 Å². The molecule has 32 heavy (non-hydrogen) atoms. The number of hydrogen-bond donors (Lipinski definition) is 1. The van der Waals surface area contributed by atoms with Crippen LogP contribution in [-0.2, 0) is 0 Å². The first kappa shape index (κ1) is 21.5. The number of thiophene rings is 1. The molecule has 0 fully saturated rings. The van der Waals surface area contributed by atoms with Crippen LogP contribution in [-0.4, -0.2) is 44.6 Å². The van der Waals surface area contributed by atoms with Crippen LogP contribution in [0.2, 0.25) is 0 Å². The first-order valence-corrected chi connectivity index (χ1v) is 11.3. The summed E-state index contributed by atoms with van der Waals surface area (Å²) < 4.78 is 1.67. The van der Waals surface area contributed by atoms with Crippen LogP contribution in [0, 0.1) is 0 Å². The fourth-order valence-electron chi connectivity index (χ4n) is 3.33. The minimum atomic E-state index is -0.440. The molecule has 2 aromatic heterocycles. The Bertz CT molecular complexity index is 1210. The number of amides is 2. The number of carbonyl (C=O) groups is 2. The maximum atomic E-state index is 13.0. The van der Waals surface area contributed by atoms with Gasteiger partial charge in [-0.2, -0.15) is 0 Å². The number of hydrogen-bond acceptors (Lipinski definition) is 5. The Morgan fingerprint density at radius 3 is 2.47 bits per heavy atom. The lowest BCUT2D eigenvalue weighted by molar-refractivity contribution is 0.0772. The Labute approximate surface area is 190 Å². The van der Waals surface area contributed by atoms with Crippen LogP contribution < -0.4 is 5.32 Å². The van der Waals surface area contributed by atoms with E-state index in [-0.39, 0.29) is 11.7 Å². The van der Waals surface area contributed by atoms with E-state index in [1.165, 1.54) is 11.3 Å². The molecule has 4 aromatic rings. The summed E-state index contributed by atoms with van der Waals surface area (Å²) in [6, 6.07) is 20.4. The quantitative estimate of drug-likeness (QED) is 0.446. The molecule has 0 bridgehead atoms. The van der Waals surface area contributed by atoms with Crippen molar-refractivity contribution in [3.63, 3.8) is 0 Å². The van der Waals surface area contributed by atoms with Crippen LogP contribution in [0.1, 0.15) is 34.8 Å². The zero-order valence-corrected chi connectivity index (χ0v) is 18.7. The molecule has 2 amide bonds. The van der Waals surface area contributed by atoms with Gasteiger partial charge in [-0.1, -0.05) is 30.3 Å². The van der Waals surface area contributed by atoms with Gasteiger partial charge in [-0.25, -0.2) is 9.67 Å². The molecule has 7 nitrogen and oxygen atoms in total. The van der Waals surface area contributed by atoms with Gasteiger partial charge >= 0.3 is 0 Å². The summed E-state index contributed by atoms with van der Waals surface area (Å²) in [6.07, 6.45) is 0. The lowest BCUT2D eigenvalue weighted by atomic mass is 10.1. The molecule has 1 N–H and O–H groups in total. The number of para-hydroxylation sites is 1. The molecule has 0 aliphatic carbocycles. The Balaban J connectivity index is 1.62. The zero-order chi connectivity index (χ0) is 22.5. The highest BCUT2D eigenvalue weighted by Gasteiger charge is 2.20. The minimum absolute atomic E-state index is 0.0534. The molecule has 0 spiro atoms. The van der Waals surface area contributed by atoms with Crippen LogP contribution >= 0.6 is 11.3 Å². The van der Waals surface area contributed by atoms with Gasteiger partial charge in [0.2, 0.25) is 5.82 Å². The molecule has 0 saturated heterocycles. The van der Waals surface area contributed by atoms with Gasteiger partial charge in [-0.05, 0) is 55.6 Å². The van der Waals surface area contributed by atoms with Crippen LogP contribution in [0.15, 0.2) is 72.1 Å². The van der Waals surface area contributed by atoms with Crippen molar-refractivity contribution in [1.82, 2.24) is 19.7 Å². The number of nitrogens with one attached hydrogen (secondary N) is 1. The van der Waals surface area contributed by atoms with E-state index in [2.05, 4.69) is 15.4 Å². The van der Waals surface area contributed by atoms with E-state index in [1.807, 2.05) is 61.7 Å². The van der Waals surface area contributed by atoms with E-state index in [0.29, 0.717) is 30.2 Å². The third-order valence-electron chi connectivity index (χ3n) is 4.97. The van der Waals surface area contributed by atoms with Crippen molar-refractivity contribution in [2.45, 2.75) is 13.8 Å². The average molecular weight is 446 g/mol. The molecule has 8 heteroatoms. The molecular formula is C24H23N5O2S. The third-order valence-corrected chi connectivity index (χ3v) is 5.84. The van der Waals surface area contributed by atoms with Gasteiger partial charge in [0.15, 0.2) is 5.82 Å². The molecule has 0 aliphatic rings. The minimum Gasteiger partial charge on any atom is -0.339 e. The summed E-state index contributed by atoms with van der Waals surface area (Å²) in [4.78, 5) is 32.8. The van der Waals surface area contributed by atoms with Crippen LogP contribution in [0.4, 0.5) is 5.69 Å². The molecule has 0 saturated carbocycles. The predicted octanol–water partition coefficient (Wildman–Crippen LogP) is 4.73. The lowest BCUT2D eigenvalue weighted by Gasteiger charge is -2.18. The second-order valence-electron chi connectivity index (χ2n) is 7.00. The zero-order valence-electron chi connectivity index (χ0n) is 17.9. The Hall–Kier alpha value is -3.78. The van der Waals surface area contributed by atoms with Crippen molar-refractivity contribution >= 4 is 28.8 Å². The molecule has 162 valence electrons. The SMILES string of the molecule is CCN(CC)C(=O)c1cccc(NC(=O)c2nc(-c3cccs3)n(-c3ccccc3)n2)c1. The number of nitrogens with zero attached hydrogens (tertiary/aromatic N) is 4. The maximum absolute atomic E-state index is 13.0. The van der Waals surface area contributed by atoms with E-state index in [0.717, 1.165) is 10.6 Å². The summed E-state index contributed by atoms with van der Waals surface area (Å²) in [5.41, 5.74) is 1.85. The summed E-state index contributed by atoms with van der Waals surface area (Å²) in [5.74, 6) is 0.141. The Morgan fingerprint density at radius 2 is 1.78 bits per heavy atom. The van der Waals surface area contributed by atoms with E-state index < -0.39 is 5.91 Å². The van der Waals surface area contributed by atoms with Crippen LogP contribution in [0.25, 0.3) is 16.4 Å². The topological polar surface area (TPSA) is 80.1 Å². The van der Waals surface area contributed by atoms with Crippen molar-refractivity contribution in [3.8, 4) is 16.4 Å². The molecule has 0 unspecified atom stereocenters. The number of aromatic nitrogens is 3.